The molecular formula is C25H23IN2O2S. The highest BCUT2D eigenvalue weighted by atomic mass is 127. The summed E-state index contributed by atoms with van der Waals surface area (Å²) in [5.74, 6) is 0.675. The number of hydrogen-bond acceptors (Lipinski definition) is 4. The standard InChI is InChI=1S/C25H23IN2O2S/c1-2-17-9-13-21(14-10-17)27-25-28-24(29)23(31-25)15-19-5-3-4-6-22(19)30-16-18-7-11-20(26)12-8-18/h3-15,25,27H,2,16H2,1H3,(H,28,29)/b23-15-/t25-/m0/s1. The molecule has 1 aliphatic heterocycles. The molecule has 4 nitrogen and oxygen atoms in total. The van der Waals surface area contributed by atoms with E-state index in [9.17, 15) is 4.79 Å². The van der Waals surface area contributed by atoms with E-state index in [1.54, 1.807) is 0 Å². The predicted octanol–water partition coefficient (Wildman–Crippen LogP) is 6.03. The maximum absolute atomic E-state index is 12.5. The minimum Gasteiger partial charge on any atom is -0.488 e. The van der Waals surface area contributed by atoms with E-state index < -0.39 is 0 Å². The van der Waals surface area contributed by atoms with E-state index in [0.29, 0.717) is 11.5 Å². The van der Waals surface area contributed by atoms with Crippen molar-refractivity contribution in [2.45, 2.75) is 25.4 Å². The predicted molar refractivity (Wildman–Crippen MR) is 137 cm³/mol. The second-order valence-electron chi connectivity index (χ2n) is 7.13. The number of hydrogen-bond donors (Lipinski definition) is 2. The molecule has 0 unspecified atom stereocenters. The van der Waals surface area contributed by atoms with Gasteiger partial charge in [0.15, 0.2) is 5.50 Å². The Kier molecular flexibility index (Phi) is 7.19. The molecule has 158 valence electrons. The lowest BCUT2D eigenvalue weighted by molar-refractivity contribution is -0.116. The minimum absolute atomic E-state index is 0.0832. The summed E-state index contributed by atoms with van der Waals surface area (Å²) in [6.07, 6.45) is 2.90. The molecule has 0 bridgehead atoms. The van der Waals surface area contributed by atoms with E-state index in [2.05, 4.69) is 76.5 Å². The number of benzene rings is 3. The molecule has 0 aromatic heterocycles. The highest BCUT2D eigenvalue weighted by Gasteiger charge is 2.27. The van der Waals surface area contributed by atoms with Crippen molar-refractivity contribution in [3.8, 4) is 5.75 Å². The number of aryl methyl sites for hydroxylation is 1. The monoisotopic (exact) mass is 542 g/mol. The van der Waals surface area contributed by atoms with E-state index in [-0.39, 0.29) is 11.4 Å². The highest BCUT2D eigenvalue weighted by Crippen LogP contribution is 2.32. The van der Waals surface area contributed by atoms with Gasteiger partial charge in [0, 0.05) is 14.8 Å². The third-order valence-electron chi connectivity index (χ3n) is 4.90. The topological polar surface area (TPSA) is 50.4 Å². The van der Waals surface area contributed by atoms with Crippen LogP contribution in [0.15, 0.2) is 77.7 Å². The fraction of sp³-hybridized carbons (Fsp3) is 0.160. The highest BCUT2D eigenvalue weighted by molar-refractivity contribution is 14.1. The summed E-state index contributed by atoms with van der Waals surface area (Å²) in [6.45, 7) is 2.61. The molecule has 2 N–H and O–H groups in total. The smallest absolute Gasteiger partial charge is 0.260 e. The lowest BCUT2D eigenvalue weighted by Gasteiger charge is -2.13. The van der Waals surface area contributed by atoms with Gasteiger partial charge in [-0.15, -0.1) is 0 Å². The summed E-state index contributed by atoms with van der Waals surface area (Å²) >= 11 is 3.76. The molecule has 1 saturated heterocycles. The van der Waals surface area contributed by atoms with Crippen molar-refractivity contribution in [1.82, 2.24) is 5.32 Å². The van der Waals surface area contributed by atoms with Crippen LogP contribution in [0.2, 0.25) is 0 Å². The molecule has 0 aliphatic carbocycles. The molecule has 3 aromatic carbocycles. The van der Waals surface area contributed by atoms with Gasteiger partial charge in [0.1, 0.15) is 12.4 Å². The van der Waals surface area contributed by atoms with Gasteiger partial charge >= 0.3 is 0 Å². The summed E-state index contributed by atoms with van der Waals surface area (Å²) in [6, 6.07) is 24.3. The molecule has 1 atom stereocenters. The van der Waals surface area contributed by atoms with Crippen molar-refractivity contribution in [3.63, 3.8) is 0 Å². The van der Waals surface area contributed by atoms with Crippen LogP contribution >= 0.6 is 34.4 Å². The van der Waals surface area contributed by atoms with Crippen LogP contribution in [0.25, 0.3) is 6.08 Å². The molecule has 0 saturated carbocycles. The number of carbonyl (C=O) groups is 1. The van der Waals surface area contributed by atoms with Crippen LogP contribution in [0.4, 0.5) is 5.69 Å². The number of carbonyl (C=O) groups excluding carboxylic acids is 1. The van der Waals surface area contributed by atoms with Crippen LogP contribution in [0.3, 0.4) is 0 Å². The first kappa shape index (κ1) is 21.8. The van der Waals surface area contributed by atoms with Gasteiger partial charge in [-0.05, 0) is 76.5 Å². The van der Waals surface area contributed by atoms with Crippen molar-refractivity contribution in [2.24, 2.45) is 0 Å². The van der Waals surface area contributed by atoms with Crippen molar-refractivity contribution >= 4 is 52.0 Å². The second-order valence-corrected chi connectivity index (χ2v) is 9.52. The Morgan fingerprint density at radius 1 is 1.03 bits per heavy atom. The normalized spacial score (nSPS) is 16.9. The van der Waals surface area contributed by atoms with Crippen LogP contribution in [0, 0.1) is 3.57 Å². The van der Waals surface area contributed by atoms with Gasteiger partial charge in [0.25, 0.3) is 5.91 Å². The van der Waals surface area contributed by atoms with Gasteiger partial charge in [-0.2, -0.15) is 0 Å². The first-order valence-electron chi connectivity index (χ1n) is 10.1. The summed E-state index contributed by atoms with van der Waals surface area (Å²) in [4.78, 5) is 13.2. The van der Waals surface area contributed by atoms with Crippen molar-refractivity contribution in [2.75, 3.05) is 5.32 Å². The van der Waals surface area contributed by atoms with Crippen molar-refractivity contribution in [3.05, 3.63) is 98.0 Å². The molecule has 6 heteroatoms. The summed E-state index contributed by atoms with van der Waals surface area (Å²) in [7, 11) is 0. The number of para-hydroxylation sites is 1. The fourth-order valence-corrected chi connectivity index (χ4v) is 4.50. The largest absolute Gasteiger partial charge is 0.488 e. The van der Waals surface area contributed by atoms with Gasteiger partial charge < -0.3 is 15.4 Å². The maximum atomic E-state index is 12.5. The zero-order valence-electron chi connectivity index (χ0n) is 17.1. The van der Waals surface area contributed by atoms with Crippen LogP contribution in [0.1, 0.15) is 23.6 Å². The lowest BCUT2D eigenvalue weighted by Crippen LogP contribution is -2.30. The Hall–Kier alpha value is -2.45. The third-order valence-corrected chi connectivity index (χ3v) is 6.65. The van der Waals surface area contributed by atoms with E-state index in [1.807, 2.05) is 42.5 Å². The average molecular weight is 542 g/mol. The molecule has 4 rings (SSSR count). The average Bonchev–Trinajstić information content (AvgIpc) is 3.13. The molecule has 31 heavy (non-hydrogen) atoms. The second kappa shape index (κ2) is 10.2. The van der Waals surface area contributed by atoms with Crippen LogP contribution in [0.5, 0.6) is 5.75 Å². The van der Waals surface area contributed by atoms with Crippen molar-refractivity contribution in [1.29, 1.82) is 0 Å². The molecule has 1 amide bonds. The Bertz CT molecular complexity index is 1080. The molecule has 1 fully saturated rings. The zero-order chi connectivity index (χ0) is 21.6. The SMILES string of the molecule is CCc1ccc(N[C@H]2NC(=O)/C(=C/c3ccccc3OCc3ccc(I)cc3)S2)cc1. The van der Waals surface area contributed by atoms with Gasteiger partial charge in [0.05, 0.1) is 4.91 Å². The fourth-order valence-electron chi connectivity index (χ4n) is 3.17. The van der Waals surface area contributed by atoms with Gasteiger partial charge in [-0.25, -0.2) is 0 Å². The molecular weight excluding hydrogens is 519 g/mol. The Morgan fingerprint density at radius 3 is 2.48 bits per heavy atom. The number of rotatable bonds is 7. The number of halogens is 1. The molecule has 3 aromatic rings. The molecule has 0 radical (unpaired) electrons. The first-order valence-corrected chi connectivity index (χ1v) is 12.1. The molecule has 0 spiro atoms. The Labute approximate surface area is 200 Å². The Balaban J connectivity index is 1.44. The summed E-state index contributed by atoms with van der Waals surface area (Å²) in [5.41, 5.74) is 4.06. The van der Waals surface area contributed by atoms with E-state index in [1.165, 1.54) is 20.9 Å². The first-order chi connectivity index (χ1) is 15.1. The summed E-state index contributed by atoms with van der Waals surface area (Å²) < 4.78 is 7.24. The maximum Gasteiger partial charge on any atom is 0.260 e. The number of nitrogens with one attached hydrogen (secondary N) is 2. The number of amides is 1. The van der Waals surface area contributed by atoms with Gasteiger partial charge in [0.2, 0.25) is 0 Å². The zero-order valence-corrected chi connectivity index (χ0v) is 20.1. The van der Waals surface area contributed by atoms with Crippen LogP contribution < -0.4 is 15.4 Å². The number of thioether (sulfide) groups is 1. The molecule has 1 heterocycles. The Morgan fingerprint density at radius 2 is 1.74 bits per heavy atom. The molecule has 1 aliphatic rings. The van der Waals surface area contributed by atoms with Crippen molar-refractivity contribution < 1.29 is 9.53 Å². The van der Waals surface area contributed by atoms with E-state index >= 15 is 0 Å². The number of ether oxygens (including phenoxy) is 1. The van der Waals surface area contributed by atoms with Gasteiger partial charge in [-0.1, -0.05) is 61.2 Å². The minimum atomic E-state index is -0.203. The van der Waals surface area contributed by atoms with Crippen LogP contribution in [-0.4, -0.2) is 11.4 Å². The third kappa shape index (κ3) is 5.83. The van der Waals surface area contributed by atoms with E-state index in [0.717, 1.165) is 29.0 Å². The lowest BCUT2D eigenvalue weighted by atomic mass is 10.1. The quantitative estimate of drug-likeness (QED) is 0.283. The van der Waals surface area contributed by atoms with Crippen LogP contribution in [-0.2, 0) is 17.8 Å². The van der Waals surface area contributed by atoms with E-state index in [4.69, 9.17) is 4.74 Å². The summed E-state index contributed by atoms with van der Waals surface area (Å²) in [5, 5.41) is 6.35. The van der Waals surface area contributed by atoms with Gasteiger partial charge in [-0.3, -0.25) is 4.79 Å². The number of anilines is 1.